The Balaban J connectivity index is 2.25. The number of anilines is 1. The summed E-state index contributed by atoms with van der Waals surface area (Å²) in [5, 5.41) is 0. The Bertz CT molecular complexity index is 567. The van der Waals surface area contributed by atoms with E-state index in [1.807, 2.05) is 0 Å². The van der Waals surface area contributed by atoms with Crippen molar-refractivity contribution in [1.29, 1.82) is 0 Å². The molecule has 0 saturated carbocycles. The molecule has 2 heterocycles. The minimum Gasteiger partial charge on any atom is -0.465 e. The fourth-order valence-electron chi connectivity index (χ4n) is 1.71. The van der Waals surface area contributed by atoms with Crippen molar-refractivity contribution in [3.63, 3.8) is 0 Å². The molecule has 6 nitrogen and oxygen atoms in total. The number of aromatic amines is 1. The summed E-state index contributed by atoms with van der Waals surface area (Å²) in [6.07, 6.45) is 3.21. The Hall–Kier alpha value is -2.63. The minimum absolute atomic E-state index is 0.178. The highest BCUT2D eigenvalue weighted by Gasteiger charge is 2.22. The van der Waals surface area contributed by atoms with Crippen molar-refractivity contribution >= 4 is 17.7 Å². The summed E-state index contributed by atoms with van der Waals surface area (Å²) in [5.74, 6) is -0.403. The number of aromatic nitrogens is 2. The zero-order valence-corrected chi connectivity index (χ0v) is 11.1. The molecular weight excluding hydrogens is 258 g/mol. The van der Waals surface area contributed by atoms with E-state index in [1.54, 1.807) is 49.6 Å². The summed E-state index contributed by atoms with van der Waals surface area (Å²) in [7, 11) is 0. The van der Waals surface area contributed by atoms with Crippen molar-refractivity contribution in [1.82, 2.24) is 9.97 Å². The molecule has 2 aromatic heterocycles. The summed E-state index contributed by atoms with van der Waals surface area (Å²) >= 11 is 0. The average Bonchev–Trinajstić information content (AvgIpc) is 2.99. The summed E-state index contributed by atoms with van der Waals surface area (Å²) in [4.78, 5) is 32.2. The van der Waals surface area contributed by atoms with Crippen molar-refractivity contribution in [3.05, 3.63) is 48.4 Å². The third kappa shape index (κ3) is 3.23. The number of amides is 1. The van der Waals surface area contributed by atoms with Crippen LogP contribution in [0.25, 0.3) is 0 Å². The predicted octanol–water partition coefficient (Wildman–Crippen LogP) is 1.62. The standard InChI is InChI=1S/C14H15N3O3/c1-2-20-13(18)10-17(12-7-3-4-8-16-12)14(19)11-6-5-9-15-11/h3-9,15H,2,10H2,1H3. The second-order valence-electron chi connectivity index (χ2n) is 3.97. The van der Waals surface area contributed by atoms with Gasteiger partial charge in [-0.2, -0.15) is 0 Å². The third-order valence-corrected chi connectivity index (χ3v) is 2.59. The number of esters is 1. The number of nitrogens with zero attached hydrogens (tertiary/aromatic N) is 2. The summed E-state index contributed by atoms with van der Waals surface area (Å²) < 4.78 is 4.89. The van der Waals surface area contributed by atoms with Crippen LogP contribution in [-0.2, 0) is 9.53 Å². The maximum atomic E-state index is 12.4. The van der Waals surface area contributed by atoms with Crippen LogP contribution < -0.4 is 4.90 Å². The number of carbonyl (C=O) groups excluding carboxylic acids is 2. The second-order valence-corrected chi connectivity index (χ2v) is 3.97. The Labute approximate surface area is 116 Å². The highest BCUT2D eigenvalue weighted by molar-refractivity contribution is 6.06. The largest absolute Gasteiger partial charge is 0.465 e. The van der Waals surface area contributed by atoms with Crippen molar-refractivity contribution in [2.75, 3.05) is 18.1 Å². The van der Waals surface area contributed by atoms with E-state index in [1.165, 1.54) is 4.90 Å². The molecule has 2 rings (SSSR count). The summed E-state index contributed by atoms with van der Waals surface area (Å²) in [6, 6.07) is 8.52. The summed E-state index contributed by atoms with van der Waals surface area (Å²) in [6.45, 7) is 1.81. The predicted molar refractivity (Wildman–Crippen MR) is 73.3 cm³/mol. The van der Waals surface area contributed by atoms with E-state index in [-0.39, 0.29) is 19.1 Å². The van der Waals surface area contributed by atoms with E-state index >= 15 is 0 Å². The van der Waals surface area contributed by atoms with E-state index < -0.39 is 5.97 Å². The monoisotopic (exact) mass is 273 g/mol. The summed E-state index contributed by atoms with van der Waals surface area (Å²) in [5.41, 5.74) is 0.389. The molecule has 1 N–H and O–H groups in total. The number of pyridine rings is 1. The quantitative estimate of drug-likeness (QED) is 0.840. The first-order valence-corrected chi connectivity index (χ1v) is 6.24. The highest BCUT2D eigenvalue weighted by Crippen LogP contribution is 2.13. The van der Waals surface area contributed by atoms with Gasteiger partial charge < -0.3 is 9.72 Å². The maximum absolute atomic E-state index is 12.4. The molecule has 0 aromatic carbocycles. The van der Waals surface area contributed by atoms with Crippen molar-refractivity contribution in [2.45, 2.75) is 6.92 Å². The minimum atomic E-state index is -0.474. The lowest BCUT2D eigenvalue weighted by atomic mass is 10.3. The zero-order chi connectivity index (χ0) is 14.4. The van der Waals surface area contributed by atoms with Gasteiger partial charge in [-0.1, -0.05) is 6.07 Å². The van der Waals surface area contributed by atoms with Gasteiger partial charge in [0.25, 0.3) is 5.91 Å². The van der Waals surface area contributed by atoms with Crippen LogP contribution in [0.1, 0.15) is 17.4 Å². The van der Waals surface area contributed by atoms with Crippen molar-refractivity contribution in [2.24, 2.45) is 0 Å². The van der Waals surface area contributed by atoms with Gasteiger partial charge >= 0.3 is 5.97 Å². The second kappa shape index (κ2) is 6.51. The van der Waals surface area contributed by atoms with Crippen LogP contribution in [0.3, 0.4) is 0 Å². The molecule has 0 fully saturated rings. The van der Waals surface area contributed by atoms with E-state index in [9.17, 15) is 9.59 Å². The molecule has 20 heavy (non-hydrogen) atoms. The lowest BCUT2D eigenvalue weighted by Crippen LogP contribution is -2.37. The Morgan fingerprint density at radius 1 is 1.30 bits per heavy atom. The van der Waals surface area contributed by atoms with Crippen LogP contribution in [-0.4, -0.2) is 35.0 Å². The van der Waals surface area contributed by atoms with Crippen molar-refractivity contribution in [3.8, 4) is 0 Å². The van der Waals surface area contributed by atoms with Gasteiger partial charge in [-0.3, -0.25) is 14.5 Å². The first kappa shape index (κ1) is 13.8. The Morgan fingerprint density at radius 2 is 2.15 bits per heavy atom. The van der Waals surface area contributed by atoms with E-state index in [2.05, 4.69) is 9.97 Å². The molecule has 0 saturated heterocycles. The number of hydrogen-bond donors (Lipinski definition) is 1. The molecule has 0 bridgehead atoms. The highest BCUT2D eigenvalue weighted by atomic mass is 16.5. The molecule has 104 valence electrons. The first-order chi connectivity index (χ1) is 9.72. The average molecular weight is 273 g/mol. The van der Waals surface area contributed by atoms with Gasteiger partial charge in [-0.15, -0.1) is 0 Å². The van der Waals surface area contributed by atoms with Crippen LogP contribution in [0.2, 0.25) is 0 Å². The van der Waals surface area contributed by atoms with E-state index in [0.717, 1.165) is 0 Å². The van der Waals surface area contributed by atoms with Gasteiger partial charge in [-0.05, 0) is 31.2 Å². The van der Waals surface area contributed by atoms with Gasteiger partial charge in [0.2, 0.25) is 0 Å². The maximum Gasteiger partial charge on any atom is 0.326 e. The van der Waals surface area contributed by atoms with Crippen molar-refractivity contribution < 1.29 is 14.3 Å². The SMILES string of the molecule is CCOC(=O)CN(C(=O)c1ccc[nH]1)c1ccccn1. The van der Waals surface area contributed by atoms with Gasteiger partial charge in [0.05, 0.1) is 6.61 Å². The molecule has 0 radical (unpaired) electrons. The number of hydrogen-bond acceptors (Lipinski definition) is 4. The topological polar surface area (TPSA) is 75.3 Å². The number of H-pyrrole nitrogens is 1. The molecule has 2 aromatic rings. The fourth-order valence-corrected chi connectivity index (χ4v) is 1.71. The van der Waals surface area contributed by atoms with Crippen LogP contribution in [0.4, 0.5) is 5.82 Å². The van der Waals surface area contributed by atoms with E-state index in [0.29, 0.717) is 11.5 Å². The van der Waals surface area contributed by atoms with Gasteiger partial charge in [0.1, 0.15) is 18.1 Å². The molecule has 0 atom stereocenters. The van der Waals surface area contributed by atoms with Gasteiger partial charge in [0, 0.05) is 12.4 Å². The normalized spacial score (nSPS) is 10.1. The first-order valence-electron chi connectivity index (χ1n) is 6.24. The number of rotatable bonds is 5. The van der Waals surface area contributed by atoms with Crippen LogP contribution in [0, 0.1) is 0 Å². The fraction of sp³-hybridized carbons (Fsp3) is 0.214. The number of carbonyl (C=O) groups is 2. The van der Waals surface area contributed by atoms with Gasteiger partial charge in [-0.25, -0.2) is 4.98 Å². The van der Waals surface area contributed by atoms with Gasteiger partial charge in [0.15, 0.2) is 0 Å². The molecule has 0 unspecified atom stereocenters. The third-order valence-electron chi connectivity index (χ3n) is 2.59. The molecular formula is C14H15N3O3. The molecule has 6 heteroatoms. The van der Waals surface area contributed by atoms with Crippen LogP contribution in [0.15, 0.2) is 42.7 Å². The molecule has 1 amide bonds. The molecule has 0 aliphatic carbocycles. The Kier molecular flexibility index (Phi) is 4.49. The molecule has 0 aliphatic heterocycles. The molecule has 0 spiro atoms. The molecule has 0 aliphatic rings. The lowest BCUT2D eigenvalue weighted by Gasteiger charge is -2.20. The number of ether oxygens (including phenoxy) is 1. The Morgan fingerprint density at radius 3 is 2.75 bits per heavy atom. The number of nitrogens with one attached hydrogen (secondary N) is 1. The zero-order valence-electron chi connectivity index (χ0n) is 11.1. The van der Waals surface area contributed by atoms with E-state index in [4.69, 9.17) is 4.74 Å². The van der Waals surface area contributed by atoms with Crippen LogP contribution in [0.5, 0.6) is 0 Å². The van der Waals surface area contributed by atoms with Crippen LogP contribution >= 0.6 is 0 Å². The lowest BCUT2D eigenvalue weighted by molar-refractivity contribution is -0.141. The smallest absolute Gasteiger partial charge is 0.326 e.